The Balaban J connectivity index is 2.19. The quantitative estimate of drug-likeness (QED) is 0.880. The van der Waals surface area contributed by atoms with Crippen LogP contribution in [0.15, 0.2) is 42.6 Å². The van der Waals surface area contributed by atoms with Crippen molar-refractivity contribution >= 4 is 27.3 Å². The molecule has 1 N–H and O–H groups in total. The van der Waals surface area contributed by atoms with Crippen molar-refractivity contribution in [1.29, 1.82) is 5.26 Å². The SMILES string of the molecule is N#Cc1ccccc1CS(=O)(=O)Nc1ccc(Cl)nc1. The van der Waals surface area contributed by atoms with E-state index in [0.717, 1.165) is 0 Å². The average molecular weight is 308 g/mol. The van der Waals surface area contributed by atoms with Crippen LogP contribution in [0.3, 0.4) is 0 Å². The summed E-state index contributed by atoms with van der Waals surface area (Å²) in [4.78, 5) is 3.79. The minimum Gasteiger partial charge on any atom is -0.282 e. The smallest absolute Gasteiger partial charge is 0.237 e. The van der Waals surface area contributed by atoms with Crippen LogP contribution < -0.4 is 4.72 Å². The zero-order valence-electron chi connectivity index (χ0n) is 10.2. The maximum absolute atomic E-state index is 12.0. The molecule has 0 amide bonds. The lowest BCUT2D eigenvalue weighted by Gasteiger charge is -2.08. The third-order valence-corrected chi connectivity index (χ3v) is 3.95. The number of aromatic nitrogens is 1. The van der Waals surface area contributed by atoms with Gasteiger partial charge in [-0.3, -0.25) is 4.72 Å². The molecule has 5 nitrogen and oxygen atoms in total. The summed E-state index contributed by atoms with van der Waals surface area (Å²) in [5, 5.41) is 9.23. The summed E-state index contributed by atoms with van der Waals surface area (Å²) >= 11 is 5.63. The van der Waals surface area contributed by atoms with Gasteiger partial charge in [0.15, 0.2) is 0 Å². The van der Waals surface area contributed by atoms with Crippen LogP contribution >= 0.6 is 11.6 Å². The van der Waals surface area contributed by atoms with Crippen LogP contribution in [0.25, 0.3) is 0 Å². The molecule has 0 radical (unpaired) electrons. The zero-order chi connectivity index (χ0) is 14.6. The molecule has 0 aliphatic carbocycles. The second kappa shape index (κ2) is 5.90. The van der Waals surface area contributed by atoms with Crippen LogP contribution in [-0.4, -0.2) is 13.4 Å². The highest BCUT2D eigenvalue weighted by molar-refractivity contribution is 7.91. The molecule has 1 heterocycles. The number of rotatable bonds is 4. The normalized spacial score (nSPS) is 10.8. The first-order chi connectivity index (χ1) is 9.50. The third kappa shape index (κ3) is 3.70. The maximum Gasteiger partial charge on any atom is 0.237 e. The largest absolute Gasteiger partial charge is 0.282 e. The van der Waals surface area contributed by atoms with Crippen molar-refractivity contribution in [3.8, 4) is 6.07 Å². The lowest BCUT2D eigenvalue weighted by Crippen LogP contribution is -2.15. The molecule has 1 aromatic heterocycles. The van der Waals surface area contributed by atoms with Gasteiger partial charge >= 0.3 is 0 Å². The fourth-order valence-electron chi connectivity index (χ4n) is 1.61. The number of pyridine rings is 1. The molecule has 2 aromatic rings. The van der Waals surface area contributed by atoms with Crippen molar-refractivity contribution < 1.29 is 8.42 Å². The summed E-state index contributed by atoms with van der Waals surface area (Å²) < 4.78 is 26.5. The monoisotopic (exact) mass is 307 g/mol. The van der Waals surface area contributed by atoms with Crippen LogP contribution in [0.2, 0.25) is 5.15 Å². The highest BCUT2D eigenvalue weighted by Gasteiger charge is 2.14. The van der Waals surface area contributed by atoms with E-state index < -0.39 is 10.0 Å². The number of nitrogens with one attached hydrogen (secondary N) is 1. The molecule has 2 rings (SSSR count). The van der Waals surface area contributed by atoms with Gasteiger partial charge in [0.2, 0.25) is 10.0 Å². The fourth-order valence-corrected chi connectivity index (χ4v) is 2.94. The average Bonchev–Trinajstić information content (AvgIpc) is 2.41. The van der Waals surface area contributed by atoms with Crippen molar-refractivity contribution in [2.75, 3.05) is 4.72 Å². The Bertz CT molecular complexity index is 752. The molecule has 0 atom stereocenters. The highest BCUT2D eigenvalue weighted by Crippen LogP contribution is 2.15. The molecular weight excluding hydrogens is 298 g/mol. The second-order valence-corrected chi connectivity index (χ2v) is 6.11. The zero-order valence-corrected chi connectivity index (χ0v) is 11.8. The molecule has 20 heavy (non-hydrogen) atoms. The number of benzene rings is 1. The van der Waals surface area contributed by atoms with Crippen molar-refractivity contribution in [3.05, 3.63) is 58.9 Å². The van der Waals surface area contributed by atoms with E-state index in [-0.39, 0.29) is 10.9 Å². The number of nitriles is 1. The summed E-state index contributed by atoms with van der Waals surface area (Å²) in [6.07, 6.45) is 1.33. The Hall–Kier alpha value is -2.10. The molecule has 0 saturated carbocycles. The molecule has 0 aliphatic rings. The summed E-state index contributed by atoms with van der Waals surface area (Å²) in [5.74, 6) is -0.278. The van der Waals surface area contributed by atoms with Gasteiger partial charge in [-0.1, -0.05) is 29.8 Å². The fraction of sp³-hybridized carbons (Fsp3) is 0.0769. The summed E-state index contributed by atoms with van der Waals surface area (Å²) in [7, 11) is -3.62. The van der Waals surface area contributed by atoms with E-state index >= 15 is 0 Å². The molecule has 7 heteroatoms. The predicted octanol–water partition coefficient (Wildman–Crippen LogP) is 2.55. The lowest BCUT2D eigenvalue weighted by molar-refractivity contribution is 0.600. The van der Waals surface area contributed by atoms with Crippen molar-refractivity contribution in [3.63, 3.8) is 0 Å². The first-order valence-electron chi connectivity index (χ1n) is 5.60. The number of sulfonamides is 1. The molecule has 0 spiro atoms. The van der Waals surface area contributed by atoms with E-state index in [0.29, 0.717) is 16.8 Å². The number of hydrogen-bond donors (Lipinski definition) is 1. The molecule has 0 fully saturated rings. The first-order valence-corrected chi connectivity index (χ1v) is 7.63. The number of halogens is 1. The van der Waals surface area contributed by atoms with Gasteiger partial charge in [0.05, 0.1) is 29.3 Å². The van der Waals surface area contributed by atoms with Crippen LogP contribution in [0.4, 0.5) is 5.69 Å². The lowest BCUT2D eigenvalue weighted by atomic mass is 10.1. The van der Waals surface area contributed by atoms with E-state index in [1.54, 1.807) is 24.3 Å². The topological polar surface area (TPSA) is 82.8 Å². The number of nitrogens with zero attached hydrogens (tertiary/aromatic N) is 2. The number of anilines is 1. The predicted molar refractivity (Wildman–Crippen MR) is 76.7 cm³/mol. The van der Waals surface area contributed by atoms with Gasteiger partial charge in [0.1, 0.15) is 5.15 Å². The van der Waals surface area contributed by atoms with Gasteiger partial charge in [-0.15, -0.1) is 0 Å². The van der Waals surface area contributed by atoms with Gasteiger partial charge in [0, 0.05) is 0 Å². The molecule has 0 saturated heterocycles. The van der Waals surface area contributed by atoms with Gasteiger partial charge in [-0.2, -0.15) is 5.26 Å². The minimum atomic E-state index is -3.62. The van der Waals surface area contributed by atoms with Crippen molar-refractivity contribution in [2.45, 2.75) is 5.75 Å². The van der Waals surface area contributed by atoms with E-state index in [4.69, 9.17) is 16.9 Å². The molecule has 0 unspecified atom stereocenters. The van der Waals surface area contributed by atoms with Gasteiger partial charge in [-0.25, -0.2) is 13.4 Å². The van der Waals surface area contributed by atoms with Gasteiger partial charge in [-0.05, 0) is 23.8 Å². The third-order valence-electron chi connectivity index (χ3n) is 2.48. The maximum atomic E-state index is 12.0. The van der Waals surface area contributed by atoms with E-state index in [2.05, 4.69) is 9.71 Å². The van der Waals surface area contributed by atoms with Crippen LogP contribution in [-0.2, 0) is 15.8 Å². The summed E-state index contributed by atoms with van der Waals surface area (Å²) in [6, 6.07) is 11.5. The Morgan fingerprint density at radius 2 is 2.00 bits per heavy atom. The van der Waals surface area contributed by atoms with Gasteiger partial charge in [0.25, 0.3) is 0 Å². The minimum absolute atomic E-state index is 0.278. The van der Waals surface area contributed by atoms with Crippen molar-refractivity contribution in [2.24, 2.45) is 0 Å². The van der Waals surface area contributed by atoms with Crippen LogP contribution in [0, 0.1) is 11.3 Å². The molecule has 102 valence electrons. The second-order valence-electron chi connectivity index (χ2n) is 4.00. The van der Waals surface area contributed by atoms with Crippen LogP contribution in [0.1, 0.15) is 11.1 Å². The van der Waals surface area contributed by atoms with E-state index in [1.807, 2.05) is 6.07 Å². The molecular formula is C13H10ClN3O2S. The molecule has 0 bridgehead atoms. The summed E-state index contributed by atoms with van der Waals surface area (Å²) in [5.41, 5.74) is 1.11. The van der Waals surface area contributed by atoms with Gasteiger partial charge < -0.3 is 0 Å². The number of hydrogen-bond acceptors (Lipinski definition) is 4. The first kappa shape index (κ1) is 14.3. The van der Waals surface area contributed by atoms with Crippen molar-refractivity contribution in [1.82, 2.24) is 4.98 Å². The molecule has 1 aromatic carbocycles. The Morgan fingerprint density at radius 3 is 2.65 bits per heavy atom. The van der Waals surface area contributed by atoms with Crippen LogP contribution in [0.5, 0.6) is 0 Å². The standard InChI is InChI=1S/C13H10ClN3O2S/c14-13-6-5-12(8-16-13)17-20(18,19)9-11-4-2-1-3-10(11)7-15/h1-6,8,17H,9H2. The van der Waals surface area contributed by atoms with E-state index in [1.165, 1.54) is 18.3 Å². The highest BCUT2D eigenvalue weighted by atomic mass is 35.5. The summed E-state index contributed by atoms with van der Waals surface area (Å²) in [6.45, 7) is 0. The van der Waals surface area contributed by atoms with E-state index in [9.17, 15) is 8.42 Å². The Morgan fingerprint density at radius 1 is 1.25 bits per heavy atom. The Labute approximate surface area is 121 Å². The molecule has 0 aliphatic heterocycles. The Kier molecular flexibility index (Phi) is 4.23.